The monoisotopic (exact) mass is 402 g/mol. The minimum Gasteiger partial charge on any atom is -0.497 e. The van der Waals surface area contributed by atoms with Crippen molar-refractivity contribution in [2.45, 2.75) is 51.4 Å². The van der Waals surface area contributed by atoms with Crippen molar-refractivity contribution in [1.82, 2.24) is 20.1 Å². The van der Waals surface area contributed by atoms with E-state index in [1.54, 1.807) is 13.2 Å². The van der Waals surface area contributed by atoms with E-state index in [-0.39, 0.29) is 11.9 Å². The normalized spacial score (nSPS) is 12.0. The number of rotatable bonds is 11. The minimum absolute atomic E-state index is 0.0143. The Bertz CT molecular complexity index is 771. The third kappa shape index (κ3) is 6.41. The van der Waals surface area contributed by atoms with Gasteiger partial charge >= 0.3 is 0 Å². The highest BCUT2D eigenvalue weighted by atomic mass is 32.2. The van der Waals surface area contributed by atoms with E-state index in [0.29, 0.717) is 23.4 Å². The molecule has 2 rings (SSSR count). The number of methoxy groups -OCH3 is 1. The molecule has 0 unspecified atom stereocenters. The Balaban J connectivity index is 2.02. The van der Waals surface area contributed by atoms with Crippen molar-refractivity contribution in [1.29, 1.82) is 0 Å². The van der Waals surface area contributed by atoms with Gasteiger partial charge in [-0.15, -0.1) is 16.8 Å². The van der Waals surface area contributed by atoms with Crippen LogP contribution in [0.25, 0.3) is 11.4 Å². The number of hydrogen-bond acceptors (Lipinski definition) is 5. The molecule has 28 heavy (non-hydrogen) atoms. The van der Waals surface area contributed by atoms with Crippen LogP contribution in [0.2, 0.25) is 0 Å². The molecule has 0 saturated heterocycles. The second-order valence-corrected chi connectivity index (χ2v) is 8.10. The van der Waals surface area contributed by atoms with Gasteiger partial charge in [-0.1, -0.05) is 31.7 Å². The summed E-state index contributed by atoms with van der Waals surface area (Å²) in [4.78, 5) is 12.3. The molecule has 1 amide bonds. The minimum atomic E-state index is 0.0143. The van der Waals surface area contributed by atoms with E-state index in [1.165, 1.54) is 11.8 Å². The SMILES string of the molecule is C=CCn1c(SCC(=O)N[C@H](C)CCC(C)C)nnc1-c1ccc(OC)cc1. The number of nitrogens with one attached hydrogen (secondary N) is 1. The van der Waals surface area contributed by atoms with Crippen molar-refractivity contribution >= 4 is 17.7 Å². The van der Waals surface area contributed by atoms with Gasteiger partial charge in [0, 0.05) is 18.2 Å². The Morgan fingerprint density at radius 3 is 2.57 bits per heavy atom. The van der Waals surface area contributed by atoms with Gasteiger partial charge in [0.2, 0.25) is 5.91 Å². The first-order chi connectivity index (χ1) is 13.4. The van der Waals surface area contributed by atoms with E-state index >= 15 is 0 Å². The molecular weight excluding hydrogens is 372 g/mol. The molecule has 0 saturated carbocycles. The molecule has 0 bridgehead atoms. The standard InChI is InChI=1S/C21H30N4O2S/c1-6-13-25-20(17-9-11-18(27-5)12-10-17)23-24-21(25)28-14-19(26)22-16(4)8-7-15(2)3/h6,9-12,15-16H,1,7-8,13-14H2,2-5H3,(H,22,26)/t16-/m1/s1. The zero-order valence-electron chi connectivity index (χ0n) is 17.1. The third-order valence-electron chi connectivity index (χ3n) is 4.29. The fourth-order valence-electron chi connectivity index (χ4n) is 2.74. The average Bonchev–Trinajstić information content (AvgIpc) is 3.08. The fraction of sp³-hybridized carbons (Fsp3) is 0.476. The molecule has 1 aromatic heterocycles. The molecule has 0 fully saturated rings. The lowest BCUT2D eigenvalue weighted by molar-refractivity contribution is -0.119. The molecule has 152 valence electrons. The summed E-state index contributed by atoms with van der Waals surface area (Å²) in [5, 5.41) is 12.4. The van der Waals surface area contributed by atoms with Crippen LogP contribution < -0.4 is 10.1 Å². The Labute approximate surface area is 171 Å². The van der Waals surface area contributed by atoms with Crippen molar-refractivity contribution in [3.63, 3.8) is 0 Å². The fourth-order valence-corrected chi connectivity index (χ4v) is 3.50. The summed E-state index contributed by atoms with van der Waals surface area (Å²) in [5.41, 5.74) is 0.939. The Hall–Kier alpha value is -2.28. The lowest BCUT2D eigenvalue weighted by Gasteiger charge is -2.15. The number of aromatic nitrogens is 3. The smallest absolute Gasteiger partial charge is 0.230 e. The van der Waals surface area contributed by atoms with Gasteiger partial charge in [0.05, 0.1) is 12.9 Å². The topological polar surface area (TPSA) is 69.0 Å². The van der Waals surface area contributed by atoms with Gasteiger partial charge in [-0.2, -0.15) is 0 Å². The Morgan fingerprint density at radius 1 is 1.25 bits per heavy atom. The maximum atomic E-state index is 12.3. The first kappa shape index (κ1) is 22.0. The molecule has 0 aliphatic carbocycles. The Morgan fingerprint density at radius 2 is 1.96 bits per heavy atom. The van der Waals surface area contributed by atoms with Gasteiger partial charge in [-0.3, -0.25) is 9.36 Å². The van der Waals surface area contributed by atoms with Gasteiger partial charge < -0.3 is 10.1 Å². The van der Waals surface area contributed by atoms with Crippen LogP contribution in [-0.4, -0.2) is 39.6 Å². The highest BCUT2D eigenvalue weighted by Crippen LogP contribution is 2.25. The summed E-state index contributed by atoms with van der Waals surface area (Å²) < 4.78 is 7.17. The maximum Gasteiger partial charge on any atom is 0.230 e. The van der Waals surface area contributed by atoms with Gasteiger partial charge in [0.15, 0.2) is 11.0 Å². The average molecular weight is 403 g/mol. The summed E-state index contributed by atoms with van der Waals surface area (Å²) in [6.07, 6.45) is 3.89. The van der Waals surface area contributed by atoms with Crippen molar-refractivity contribution in [3.05, 3.63) is 36.9 Å². The predicted octanol–water partition coefficient (Wildman–Crippen LogP) is 4.17. The van der Waals surface area contributed by atoms with E-state index in [2.05, 4.69) is 35.9 Å². The molecule has 1 aromatic carbocycles. The molecule has 0 aliphatic rings. The Kier molecular flexibility index (Phi) is 8.57. The van der Waals surface area contributed by atoms with Crippen LogP contribution in [0.15, 0.2) is 42.1 Å². The number of carbonyl (C=O) groups excluding carboxylic acids is 1. The van der Waals surface area contributed by atoms with Crippen LogP contribution in [0.1, 0.15) is 33.6 Å². The summed E-state index contributed by atoms with van der Waals surface area (Å²) in [6.45, 7) is 10.8. The van der Waals surface area contributed by atoms with Crippen molar-refractivity contribution in [2.24, 2.45) is 5.92 Å². The number of nitrogens with zero attached hydrogens (tertiary/aromatic N) is 3. The summed E-state index contributed by atoms with van der Waals surface area (Å²) in [5.74, 6) is 2.50. The van der Waals surface area contributed by atoms with E-state index in [1.807, 2.05) is 35.8 Å². The lowest BCUT2D eigenvalue weighted by atomic mass is 10.0. The highest BCUT2D eigenvalue weighted by molar-refractivity contribution is 7.99. The van der Waals surface area contributed by atoms with Gasteiger partial charge in [-0.05, 0) is 49.9 Å². The number of benzene rings is 1. The molecule has 2 aromatic rings. The van der Waals surface area contributed by atoms with Gasteiger partial charge in [0.25, 0.3) is 0 Å². The van der Waals surface area contributed by atoms with Crippen LogP contribution in [-0.2, 0) is 11.3 Å². The van der Waals surface area contributed by atoms with Crippen molar-refractivity contribution in [2.75, 3.05) is 12.9 Å². The predicted molar refractivity (Wildman–Crippen MR) is 115 cm³/mol. The number of carbonyl (C=O) groups is 1. The quantitative estimate of drug-likeness (QED) is 0.451. The van der Waals surface area contributed by atoms with Gasteiger partial charge in [0.1, 0.15) is 5.75 Å². The van der Waals surface area contributed by atoms with E-state index in [9.17, 15) is 4.79 Å². The number of ether oxygens (including phenoxy) is 1. The van der Waals surface area contributed by atoms with Gasteiger partial charge in [-0.25, -0.2) is 0 Å². The van der Waals surface area contributed by atoms with E-state index in [0.717, 1.165) is 30.0 Å². The van der Waals surface area contributed by atoms with Crippen LogP contribution in [0.5, 0.6) is 5.75 Å². The van der Waals surface area contributed by atoms with Crippen molar-refractivity contribution in [3.8, 4) is 17.1 Å². The molecule has 0 aliphatic heterocycles. The first-order valence-corrected chi connectivity index (χ1v) is 10.5. The van der Waals surface area contributed by atoms with E-state index < -0.39 is 0 Å². The summed E-state index contributed by atoms with van der Waals surface area (Å²) in [6, 6.07) is 7.85. The molecule has 7 heteroatoms. The second-order valence-electron chi connectivity index (χ2n) is 7.16. The molecule has 1 heterocycles. The largest absolute Gasteiger partial charge is 0.497 e. The van der Waals surface area contributed by atoms with Crippen LogP contribution >= 0.6 is 11.8 Å². The first-order valence-electron chi connectivity index (χ1n) is 9.55. The van der Waals surface area contributed by atoms with E-state index in [4.69, 9.17) is 4.74 Å². The number of thioether (sulfide) groups is 1. The molecule has 0 radical (unpaired) electrons. The number of amides is 1. The zero-order chi connectivity index (χ0) is 20.5. The maximum absolute atomic E-state index is 12.3. The van der Waals surface area contributed by atoms with Crippen LogP contribution in [0, 0.1) is 5.92 Å². The number of allylic oxidation sites excluding steroid dienone is 1. The molecule has 1 atom stereocenters. The molecular formula is C21H30N4O2S. The molecule has 0 spiro atoms. The number of hydrogen-bond donors (Lipinski definition) is 1. The molecule has 6 nitrogen and oxygen atoms in total. The van der Waals surface area contributed by atoms with Crippen LogP contribution in [0.3, 0.4) is 0 Å². The zero-order valence-corrected chi connectivity index (χ0v) is 18.0. The summed E-state index contributed by atoms with van der Waals surface area (Å²) in [7, 11) is 1.64. The van der Waals surface area contributed by atoms with Crippen molar-refractivity contribution < 1.29 is 9.53 Å². The summed E-state index contributed by atoms with van der Waals surface area (Å²) >= 11 is 1.39. The van der Waals surface area contributed by atoms with Crippen LogP contribution in [0.4, 0.5) is 0 Å². The highest BCUT2D eigenvalue weighted by Gasteiger charge is 2.16. The third-order valence-corrected chi connectivity index (χ3v) is 5.26. The lowest BCUT2D eigenvalue weighted by Crippen LogP contribution is -2.34. The molecule has 1 N–H and O–H groups in total. The second kappa shape index (κ2) is 10.9.